The van der Waals surface area contributed by atoms with Crippen molar-refractivity contribution in [3.8, 4) is 11.3 Å². The van der Waals surface area contributed by atoms with Crippen LogP contribution >= 0.6 is 0 Å². The quantitative estimate of drug-likeness (QED) is 0.507. The highest BCUT2D eigenvalue weighted by Crippen LogP contribution is 2.34. The molecular formula is C23H26N6O3S. The maximum Gasteiger partial charge on any atom is 0.253 e. The average molecular weight is 467 g/mol. The minimum atomic E-state index is -3.28. The molecule has 9 nitrogen and oxygen atoms in total. The van der Waals surface area contributed by atoms with E-state index < -0.39 is 10.0 Å². The van der Waals surface area contributed by atoms with Gasteiger partial charge in [-0.05, 0) is 25.5 Å². The van der Waals surface area contributed by atoms with Gasteiger partial charge in [0, 0.05) is 49.0 Å². The molecule has 0 saturated carbocycles. The van der Waals surface area contributed by atoms with Crippen LogP contribution in [0, 0.1) is 6.92 Å². The molecule has 2 aromatic heterocycles. The molecule has 0 radical (unpaired) electrons. The van der Waals surface area contributed by atoms with E-state index in [1.807, 2.05) is 36.1 Å². The molecule has 2 aliphatic heterocycles. The van der Waals surface area contributed by atoms with Gasteiger partial charge in [-0.3, -0.25) is 4.79 Å². The van der Waals surface area contributed by atoms with Crippen LogP contribution in [0.1, 0.15) is 34.1 Å². The smallest absolute Gasteiger partial charge is 0.253 e. The number of hydrogen-bond acceptors (Lipinski definition) is 6. The summed E-state index contributed by atoms with van der Waals surface area (Å²) in [5.41, 5.74) is 5.61. The van der Waals surface area contributed by atoms with Crippen LogP contribution in [0.4, 0.5) is 5.82 Å². The number of nitrogens with one attached hydrogen (secondary N) is 3. The number of sulfonamides is 1. The van der Waals surface area contributed by atoms with E-state index in [0.717, 1.165) is 46.4 Å². The van der Waals surface area contributed by atoms with Crippen LogP contribution in [0.3, 0.4) is 0 Å². The van der Waals surface area contributed by atoms with Crippen LogP contribution in [-0.2, 0) is 10.0 Å². The monoisotopic (exact) mass is 466 g/mol. The zero-order valence-corrected chi connectivity index (χ0v) is 19.4. The number of H-pyrrole nitrogens is 1. The lowest BCUT2D eigenvalue weighted by Crippen LogP contribution is -2.35. The normalized spacial score (nSPS) is 19.0. The van der Waals surface area contributed by atoms with Gasteiger partial charge in [0.05, 0.1) is 23.0 Å². The Kier molecular flexibility index (Phi) is 5.41. The van der Waals surface area contributed by atoms with Gasteiger partial charge in [-0.1, -0.05) is 24.3 Å². The van der Waals surface area contributed by atoms with Crippen LogP contribution in [0.15, 0.2) is 36.4 Å². The molecule has 5 rings (SSSR count). The molecular weight excluding hydrogens is 440 g/mol. The maximum atomic E-state index is 12.5. The number of amides is 1. The summed E-state index contributed by atoms with van der Waals surface area (Å²) >= 11 is 0. The molecule has 0 aliphatic carbocycles. The average Bonchev–Trinajstić information content (AvgIpc) is 3.21. The summed E-state index contributed by atoms with van der Waals surface area (Å²) in [7, 11) is -3.28. The lowest BCUT2D eigenvalue weighted by molar-refractivity contribution is 0.0940. The van der Waals surface area contributed by atoms with Gasteiger partial charge in [-0.25, -0.2) is 23.1 Å². The number of carbonyl (C=O) groups is 1. The largest absolute Gasteiger partial charge is 0.357 e. The first-order valence-corrected chi connectivity index (χ1v) is 12.8. The molecule has 33 heavy (non-hydrogen) atoms. The lowest BCUT2D eigenvalue weighted by atomic mass is 9.94. The summed E-state index contributed by atoms with van der Waals surface area (Å²) in [6.07, 6.45) is 6.10. The number of para-hydroxylation sites is 1. The van der Waals surface area contributed by atoms with Crippen molar-refractivity contribution in [1.82, 2.24) is 25.0 Å². The Hall–Kier alpha value is -3.24. The summed E-state index contributed by atoms with van der Waals surface area (Å²) in [4.78, 5) is 27.8. The molecule has 1 aromatic carbocycles. The van der Waals surface area contributed by atoms with Gasteiger partial charge in [0.25, 0.3) is 5.91 Å². The third-order valence-corrected chi connectivity index (χ3v) is 6.83. The highest BCUT2D eigenvalue weighted by atomic mass is 32.2. The third-order valence-electron chi connectivity index (χ3n) is 6.10. The number of aromatic nitrogens is 3. The Bertz CT molecular complexity index is 1380. The number of anilines is 1. The molecule has 0 saturated heterocycles. The van der Waals surface area contributed by atoms with E-state index in [0.29, 0.717) is 31.0 Å². The number of aromatic amines is 1. The molecule has 10 heteroatoms. The Labute approximate surface area is 192 Å². The van der Waals surface area contributed by atoms with E-state index in [1.54, 1.807) is 0 Å². The summed E-state index contributed by atoms with van der Waals surface area (Å²) in [6.45, 7) is 3.78. The predicted octanol–water partition coefficient (Wildman–Crippen LogP) is 2.08. The van der Waals surface area contributed by atoms with Crippen LogP contribution in [0.5, 0.6) is 0 Å². The molecule has 4 bridgehead atoms. The number of hydrogen-bond donors (Lipinski definition) is 3. The van der Waals surface area contributed by atoms with Crippen LogP contribution in [0.25, 0.3) is 22.3 Å². The number of allylic oxidation sites excluding steroid dienone is 1. The van der Waals surface area contributed by atoms with Crippen molar-refractivity contribution in [2.45, 2.75) is 19.3 Å². The molecule has 1 atom stereocenters. The van der Waals surface area contributed by atoms with Crippen molar-refractivity contribution < 1.29 is 13.2 Å². The van der Waals surface area contributed by atoms with E-state index in [-0.39, 0.29) is 18.4 Å². The number of fused-ring (bicyclic) bond motifs is 3. The molecule has 0 unspecified atom stereocenters. The Morgan fingerprint density at radius 3 is 2.88 bits per heavy atom. The molecule has 2 aliphatic rings. The standard InChI is InChI=1S/C23H26N6O3S/c1-14-22-28-21-16(7-5-8-18(21)26-14)19-12-17-20(27-19)15(13-24-23(17)30)6-3-4-10-29(22)11-9-25-33(2,31)32/h3-5,7-8,12,15,25,27H,6,9-11,13H2,1-2H3,(H,24,30)/b4-3+/t15-/m0/s1. The summed E-state index contributed by atoms with van der Waals surface area (Å²) in [6, 6.07) is 7.74. The fourth-order valence-electron chi connectivity index (χ4n) is 4.53. The van der Waals surface area contributed by atoms with E-state index in [9.17, 15) is 13.2 Å². The van der Waals surface area contributed by atoms with Crippen molar-refractivity contribution in [2.24, 2.45) is 0 Å². The first kappa shape index (κ1) is 21.6. The van der Waals surface area contributed by atoms with Crippen molar-refractivity contribution in [1.29, 1.82) is 0 Å². The number of benzene rings is 1. The van der Waals surface area contributed by atoms with Crippen molar-refractivity contribution in [3.63, 3.8) is 0 Å². The lowest BCUT2D eigenvalue weighted by Gasteiger charge is -2.24. The molecule has 172 valence electrons. The summed E-state index contributed by atoms with van der Waals surface area (Å²) < 4.78 is 25.7. The van der Waals surface area contributed by atoms with Gasteiger partial charge in [-0.2, -0.15) is 0 Å². The first-order valence-electron chi connectivity index (χ1n) is 10.9. The fraction of sp³-hybridized carbons (Fsp3) is 0.348. The van der Waals surface area contributed by atoms with Gasteiger partial charge in [0.2, 0.25) is 10.0 Å². The second-order valence-electron chi connectivity index (χ2n) is 8.54. The van der Waals surface area contributed by atoms with E-state index in [4.69, 9.17) is 9.97 Å². The van der Waals surface area contributed by atoms with Gasteiger partial charge in [0.1, 0.15) is 5.52 Å². The van der Waals surface area contributed by atoms with Gasteiger partial charge in [-0.15, -0.1) is 0 Å². The zero-order chi connectivity index (χ0) is 23.2. The summed E-state index contributed by atoms with van der Waals surface area (Å²) in [5, 5.41) is 2.99. The van der Waals surface area contributed by atoms with Crippen molar-refractivity contribution in [2.75, 3.05) is 37.3 Å². The molecule has 0 spiro atoms. The number of carbonyl (C=O) groups excluding carboxylic acids is 1. The SMILES string of the molecule is Cc1nc2cccc3c2nc1N(CCNS(C)(=O)=O)C/C=C/C[C@H]1CNC(=O)c2cc-3[nH]c21. The Morgan fingerprint density at radius 2 is 2.06 bits per heavy atom. The first-order chi connectivity index (χ1) is 15.8. The highest BCUT2D eigenvalue weighted by molar-refractivity contribution is 7.88. The van der Waals surface area contributed by atoms with Crippen LogP contribution < -0.4 is 14.9 Å². The second-order valence-corrected chi connectivity index (χ2v) is 10.4. The number of nitrogens with zero attached hydrogens (tertiary/aromatic N) is 3. The molecule has 0 fully saturated rings. The minimum absolute atomic E-state index is 0.0628. The predicted molar refractivity (Wildman–Crippen MR) is 128 cm³/mol. The van der Waals surface area contributed by atoms with E-state index in [2.05, 4.69) is 27.2 Å². The molecule has 3 aromatic rings. The molecule has 1 amide bonds. The van der Waals surface area contributed by atoms with E-state index >= 15 is 0 Å². The van der Waals surface area contributed by atoms with Crippen molar-refractivity contribution >= 4 is 32.8 Å². The fourth-order valence-corrected chi connectivity index (χ4v) is 4.99. The van der Waals surface area contributed by atoms with Crippen molar-refractivity contribution in [3.05, 3.63) is 53.4 Å². The molecule has 3 N–H and O–H groups in total. The topological polar surface area (TPSA) is 120 Å². The third kappa shape index (κ3) is 4.23. The Morgan fingerprint density at radius 1 is 1.21 bits per heavy atom. The number of aryl methyl sites for hydroxylation is 1. The highest BCUT2D eigenvalue weighted by Gasteiger charge is 2.28. The van der Waals surface area contributed by atoms with Gasteiger partial charge < -0.3 is 15.2 Å². The maximum absolute atomic E-state index is 12.5. The number of rotatable bonds is 4. The summed E-state index contributed by atoms with van der Waals surface area (Å²) in [5.74, 6) is 0.800. The van der Waals surface area contributed by atoms with Crippen LogP contribution in [0.2, 0.25) is 0 Å². The molecule has 4 heterocycles. The van der Waals surface area contributed by atoms with E-state index in [1.165, 1.54) is 0 Å². The Balaban J connectivity index is 1.65. The minimum Gasteiger partial charge on any atom is -0.357 e. The van der Waals surface area contributed by atoms with Crippen LogP contribution in [-0.4, -0.2) is 61.7 Å². The van der Waals surface area contributed by atoms with Gasteiger partial charge in [0.15, 0.2) is 5.82 Å². The second kappa shape index (κ2) is 8.27. The zero-order valence-electron chi connectivity index (χ0n) is 18.6. The van der Waals surface area contributed by atoms with Gasteiger partial charge >= 0.3 is 0 Å².